The molecular formula is C18H18N4O3. The van der Waals surface area contributed by atoms with Gasteiger partial charge in [-0.2, -0.15) is 5.10 Å². The summed E-state index contributed by atoms with van der Waals surface area (Å²) in [6, 6.07) is 12.0. The van der Waals surface area contributed by atoms with E-state index in [2.05, 4.69) is 10.5 Å². The number of nitro benzene ring substituents is 1. The van der Waals surface area contributed by atoms with Gasteiger partial charge in [-0.3, -0.25) is 20.3 Å². The van der Waals surface area contributed by atoms with Crippen molar-refractivity contribution in [2.24, 2.45) is 5.10 Å². The van der Waals surface area contributed by atoms with Crippen molar-refractivity contribution in [3.8, 4) is 0 Å². The first kappa shape index (κ1) is 16.6. The number of hydrogen-bond acceptors (Lipinski definition) is 5. The first-order valence-electron chi connectivity index (χ1n) is 7.96. The normalized spacial score (nSPS) is 13.8. The fourth-order valence-corrected chi connectivity index (χ4v) is 2.79. The van der Waals surface area contributed by atoms with Crippen molar-refractivity contribution in [1.82, 2.24) is 0 Å². The number of fused-ring (bicyclic) bond motifs is 1. The molecular weight excluding hydrogens is 320 g/mol. The van der Waals surface area contributed by atoms with Gasteiger partial charge in [0.15, 0.2) is 0 Å². The zero-order valence-corrected chi connectivity index (χ0v) is 14.0. The number of amides is 1. The number of hydrogen-bond donors (Lipinski definition) is 1. The van der Waals surface area contributed by atoms with Crippen molar-refractivity contribution in [1.29, 1.82) is 0 Å². The molecule has 0 unspecified atom stereocenters. The van der Waals surface area contributed by atoms with Gasteiger partial charge in [-0.05, 0) is 41.8 Å². The Kier molecular flexibility index (Phi) is 4.47. The molecule has 1 aliphatic rings. The standard InChI is InChI=1S/C18H18N4O3/c1-3-16(20-19-14-5-7-15(8-6-14)22(24)25)12-4-9-17-13(10-12)11-18(23)21(17)2/h4-10,19H,3,11H2,1-2H3. The van der Waals surface area contributed by atoms with Crippen LogP contribution in [0.1, 0.15) is 24.5 Å². The van der Waals surface area contributed by atoms with Gasteiger partial charge >= 0.3 is 0 Å². The summed E-state index contributed by atoms with van der Waals surface area (Å²) >= 11 is 0. The Bertz CT molecular complexity index is 859. The van der Waals surface area contributed by atoms with Gasteiger partial charge in [0.25, 0.3) is 5.69 Å². The summed E-state index contributed by atoms with van der Waals surface area (Å²) < 4.78 is 0. The van der Waals surface area contributed by atoms with E-state index in [1.807, 2.05) is 25.1 Å². The van der Waals surface area contributed by atoms with E-state index in [1.165, 1.54) is 12.1 Å². The summed E-state index contributed by atoms with van der Waals surface area (Å²) in [5, 5.41) is 15.1. The number of hydrazone groups is 1. The molecule has 1 amide bonds. The van der Waals surface area contributed by atoms with Crippen molar-refractivity contribution in [2.45, 2.75) is 19.8 Å². The van der Waals surface area contributed by atoms with Crippen molar-refractivity contribution in [3.63, 3.8) is 0 Å². The zero-order chi connectivity index (χ0) is 18.0. The Balaban J connectivity index is 1.80. The van der Waals surface area contributed by atoms with Crippen molar-refractivity contribution in [2.75, 3.05) is 17.4 Å². The van der Waals surface area contributed by atoms with Gasteiger partial charge in [-0.1, -0.05) is 13.0 Å². The lowest BCUT2D eigenvalue weighted by Gasteiger charge is -2.11. The Morgan fingerprint density at radius 3 is 2.64 bits per heavy atom. The molecule has 1 aliphatic heterocycles. The van der Waals surface area contributed by atoms with Crippen molar-refractivity contribution < 1.29 is 9.72 Å². The highest BCUT2D eigenvalue weighted by Gasteiger charge is 2.24. The molecule has 3 rings (SSSR count). The van der Waals surface area contributed by atoms with E-state index in [0.717, 1.165) is 22.5 Å². The quantitative estimate of drug-likeness (QED) is 0.514. The first-order valence-corrected chi connectivity index (χ1v) is 7.96. The molecule has 2 aromatic carbocycles. The Labute approximate surface area is 145 Å². The van der Waals surface area contributed by atoms with E-state index in [0.29, 0.717) is 18.5 Å². The Hall–Kier alpha value is -3.22. The van der Waals surface area contributed by atoms with Gasteiger partial charge < -0.3 is 4.90 Å². The van der Waals surface area contributed by atoms with Crippen LogP contribution in [0, 0.1) is 10.1 Å². The smallest absolute Gasteiger partial charge is 0.269 e. The third-order valence-corrected chi connectivity index (χ3v) is 4.22. The number of likely N-dealkylation sites (N-methyl/N-ethyl adjacent to an activating group) is 1. The summed E-state index contributed by atoms with van der Waals surface area (Å²) in [7, 11) is 1.78. The fraction of sp³-hybridized carbons (Fsp3) is 0.222. The van der Waals surface area contributed by atoms with E-state index < -0.39 is 4.92 Å². The number of carbonyl (C=O) groups is 1. The van der Waals surface area contributed by atoms with E-state index >= 15 is 0 Å². The van der Waals surface area contributed by atoms with Crippen molar-refractivity contribution >= 4 is 28.7 Å². The minimum Gasteiger partial charge on any atom is -0.315 e. The topological polar surface area (TPSA) is 87.8 Å². The summed E-state index contributed by atoms with van der Waals surface area (Å²) in [6.07, 6.45) is 1.12. The highest BCUT2D eigenvalue weighted by molar-refractivity contribution is 6.05. The van der Waals surface area contributed by atoms with Crippen LogP contribution < -0.4 is 10.3 Å². The number of carbonyl (C=O) groups excluding carboxylic acids is 1. The third-order valence-electron chi connectivity index (χ3n) is 4.22. The molecule has 2 aromatic rings. The van der Waals surface area contributed by atoms with E-state index in [1.54, 1.807) is 24.1 Å². The van der Waals surface area contributed by atoms with E-state index in [9.17, 15) is 14.9 Å². The molecule has 0 aromatic heterocycles. The lowest BCUT2D eigenvalue weighted by atomic mass is 10.0. The van der Waals surface area contributed by atoms with Gasteiger partial charge in [-0.15, -0.1) is 0 Å². The molecule has 0 saturated heterocycles. The summed E-state index contributed by atoms with van der Waals surface area (Å²) in [5.41, 5.74) is 7.39. The largest absolute Gasteiger partial charge is 0.315 e. The van der Waals surface area contributed by atoms with Gasteiger partial charge in [0.05, 0.1) is 22.7 Å². The Morgan fingerprint density at radius 1 is 1.28 bits per heavy atom. The minimum atomic E-state index is -0.437. The fourth-order valence-electron chi connectivity index (χ4n) is 2.79. The van der Waals surface area contributed by atoms with Crippen molar-refractivity contribution in [3.05, 3.63) is 63.7 Å². The predicted octanol–water partition coefficient (Wildman–Crippen LogP) is 3.34. The molecule has 7 nitrogen and oxygen atoms in total. The number of benzene rings is 2. The molecule has 0 spiro atoms. The second-order valence-electron chi connectivity index (χ2n) is 5.80. The number of anilines is 2. The second kappa shape index (κ2) is 6.72. The van der Waals surface area contributed by atoms with Crippen LogP contribution in [0.2, 0.25) is 0 Å². The van der Waals surface area contributed by atoms with Gasteiger partial charge in [0.2, 0.25) is 5.91 Å². The number of nitrogens with one attached hydrogen (secondary N) is 1. The molecule has 128 valence electrons. The van der Waals surface area contributed by atoms with Crippen LogP contribution in [-0.4, -0.2) is 23.6 Å². The molecule has 25 heavy (non-hydrogen) atoms. The molecule has 1 heterocycles. The maximum absolute atomic E-state index is 11.8. The number of rotatable bonds is 5. The van der Waals surface area contributed by atoms with Crippen LogP contribution in [0.25, 0.3) is 0 Å². The first-order chi connectivity index (χ1) is 12.0. The van der Waals surface area contributed by atoms with Gasteiger partial charge in [0, 0.05) is 24.9 Å². The highest BCUT2D eigenvalue weighted by Crippen LogP contribution is 2.28. The van der Waals surface area contributed by atoms with Crippen LogP contribution in [0.4, 0.5) is 17.1 Å². The number of non-ortho nitro benzene ring substituents is 1. The Morgan fingerprint density at radius 2 is 2.00 bits per heavy atom. The maximum Gasteiger partial charge on any atom is 0.269 e. The van der Waals surface area contributed by atoms with Crippen LogP contribution in [0.3, 0.4) is 0 Å². The third kappa shape index (κ3) is 3.35. The predicted molar refractivity (Wildman–Crippen MR) is 97.1 cm³/mol. The molecule has 0 atom stereocenters. The van der Waals surface area contributed by atoms with E-state index in [-0.39, 0.29) is 11.6 Å². The highest BCUT2D eigenvalue weighted by atomic mass is 16.6. The minimum absolute atomic E-state index is 0.0395. The van der Waals surface area contributed by atoms with Gasteiger partial charge in [0.1, 0.15) is 0 Å². The molecule has 0 saturated carbocycles. The monoisotopic (exact) mass is 338 g/mol. The van der Waals surface area contributed by atoms with E-state index in [4.69, 9.17) is 0 Å². The molecule has 0 radical (unpaired) electrons. The summed E-state index contributed by atoms with van der Waals surface area (Å²) in [6.45, 7) is 2.00. The summed E-state index contributed by atoms with van der Waals surface area (Å²) in [4.78, 5) is 23.7. The van der Waals surface area contributed by atoms with Crippen LogP contribution in [0.15, 0.2) is 47.6 Å². The molecule has 7 heteroatoms. The zero-order valence-electron chi connectivity index (χ0n) is 14.0. The lowest BCUT2D eigenvalue weighted by Crippen LogP contribution is -2.20. The van der Waals surface area contributed by atoms with Crippen LogP contribution >= 0.6 is 0 Å². The molecule has 0 aliphatic carbocycles. The van der Waals surface area contributed by atoms with Crippen LogP contribution in [-0.2, 0) is 11.2 Å². The average molecular weight is 338 g/mol. The molecule has 1 N–H and O–H groups in total. The van der Waals surface area contributed by atoms with Gasteiger partial charge in [-0.25, -0.2) is 0 Å². The number of nitro groups is 1. The average Bonchev–Trinajstić information content (AvgIpc) is 2.90. The van der Waals surface area contributed by atoms with Crippen LogP contribution in [0.5, 0.6) is 0 Å². The SMILES string of the molecule is CCC(=NNc1ccc([N+](=O)[O-])cc1)c1ccc2c(c1)CC(=O)N2C. The molecule has 0 fully saturated rings. The number of nitrogens with zero attached hydrogens (tertiary/aromatic N) is 3. The maximum atomic E-state index is 11.8. The summed E-state index contributed by atoms with van der Waals surface area (Å²) in [5.74, 6) is 0.0890. The lowest BCUT2D eigenvalue weighted by molar-refractivity contribution is -0.384. The second-order valence-corrected chi connectivity index (χ2v) is 5.80. The molecule has 0 bridgehead atoms.